The number of quaternary nitrogens is 1. The van der Waals surface area contributed by atoms with E-state index in [0.717, 1.165) is 38.5 Å². The molecule has 0 rings (SSSR count). The molecule has 0 saturated heterocycles. The van der Waals surface area contributed by atoms with Gasteiger partial charge in [0.15, 0.2) is 0 Å². The van der Waals surface area contributed by atoms with Crippen molar-refractivity contribution in [2.75, 3.05) is 40.9 Å². The molecule has 0 fully saturated rings. The number of hydrogen-bond donors (Lipinski definition) is 2. The summed E-state index contributed by atoms with van der Waals surface area (Å²) in [6.07, 6.45) is 29.5. The van der Waals surface area contributed by atoms with Crippen LogP contribution in [0.3, 0.4) is 0 Å². The first-order valence-corrected chi connectivity index (χ1v) is 20.8. The molecular formula is C37H77N2O6P. The molecule has 8 nitrogen and oxygen atoms in total. The Labute approximate surface area is 285 Å². The molecule has 0 saturated carbocycles. The Balaban J connectivity index is 4.44. The molecule has 0 bridgehead atoms. The summed E-state index contributed by atoms with van der Waals surface area (Å²) in [7, 11) is 1.31. The van der Waals surface area contributed by atoms with Crippen LogP contribution in [-0.2, 0) is 18.4 Å². The molecule has 0 spiro atoms. The monoisotopic (exact) mass is 677 g/mol. The van der Waals surface area contributed by atoms with E-state index in [1.807, 2.05) is 21.1 Å². The molecule has 1 unspecified atom stereocenters. The van der Waals surface area contributed by atoms with E-state index in [0.29, 0.717) is 23.9 Å². The Kier molecular flexibility index (Phi) is 30.2. The zero-order chi connectivity index (χ0) is 34.4. The predicted molar refractivity (Wildman–Crippen MR) is 192 cm³/mol. The number of carbonyl (C=O) groups excluding carboxylic acids is 1. The second-order valence-electron chi connectivity index (χ2n) is 14.6. The zero-order valence-corrected chi connectivity index (χ0v) is 31.9. The highest BCUT2D eigenvalue weighted by atomic mass is 31.2. The van der Waals surface area contributed by atoms with Gasteiger partial charge in [-0.05, 0) is 12.8 Å². The SMILES string of the molecule is CCCCCCCCCCCCCCCC(=O)N[C@@H](COP(=O)([O-])OCC[N+](C)(C)C)[C@H](O)CCCCCCCCCCCCC. The van der Waals surface area contributed by atoms with Crippen molar-refractivity contribution in [3.8, 4) is 0 Å². The van der Waals surface area contributed by atoms with Gasteiger partial charge >= 0.3 is 0 Å². The first-order chi connectivity index (χ1) is 22.0. The third kappa shape index (κ3) is 32.1. The second kappa shape index (κ2) is 30.6. The number of nitrogens with one attached hydrogen (secondary N) is 1. The van der Waals surface area contributed by atoms with Gasteiger partial charge in [0.05, 0.1) is 39.9 Å². The fourth-order valence-electron chi connectivity index (χ4n) is 5.69. The maximum Gasteiger partial charge on any atom is 0.268 e. The van der Waals surface area contributed by atoms with Crippen molar-refractivity contribution in [3.05, 3.63) is 0 Å². The molecule has 2 N–H and O–H groups in total. The first-order valence-electron chi connectivity index (χ1n) is 19.4. The number of nitrogens with zero attached hydrogens (tertiary/aromatic N) is 1. The Bertz CT molecular complexity index is 733. The highest BCUT2D eigenvalue weighted by molar-refractivity contribution is 7.45. The smallest absolute Gasteiger partial charge is 0.268 e. The van der Waals surface area contributed by atoms with Crippen LogP contribution < -0.4 is 10.2 Å². The predicted octanol–water partition coefficient (Wildman–Crippen LogP) is 9.22. The molecular weight excluding hydrogens is 599 g/mol. The number of phosphoric ester groups is 1. The summed E-state index contributed by atoms with van der Waals surface area (Å²) < 4.78 is 23.1. The van der Waals surface area contributed by atoms with E-state index in [-0.39, 0.29) is 19.1 Å². The number of rotatable bonds is 35. The lowest BCUT2D eigenvalue weighted by molar-refractivity contribution is -0.870. The molecule has 46 heavy (non-hydrogen) atoms. The number of aliphatic hydroxyl groups is 1. The number of likely N-dealkylation sites (N-methyl/N-ethyl adjacent to an activating group) is 1. The summed E-state index contributed by atoms with van der Waals surface area (Å²) in [5.74, 6) is -0.165. The van der Waals surface area contributed by atoms with Crippen LogP contribution in [0.4, 0.5) is 0 Å². The van der Waals surface area contributed by atoms with Crippen molar-refractivity contribution in [2.24, 2.45) is 0 Å². The van der Waals surface area contributed by atoms with Gasteiger partial charge in [0.1, 0.15) is 13.2 Å². The van der Waals surface area contributed by atoms with Crippen LogP contribution in [0.2, 0.25) is 0 Å². The van der Waals surface area contributed by atoms with E-state index in [1.165, 1.54) is 116 Å². The van der Waals surface area contributed by atoms with E-state index >= 15 is 0 Å². The van der Waals surface area contributed by atoms with E-state index in [2.05, 4.69) is 19.2 Å². The van der Waals surface area contributed by atoms with Crippen LogP contribution in [0, 0.1) is 0 Å². The largest absolute Gasteiger partial charge is 0.756 e. The molecule has 0 aromatic carbocycles. The van der Waals surface area contributed by atoms with Gasteiger partial charge in [-0.1, -0.05) is 162 Å². The van der Waals surface area contributed by atoms with Crippen LogP contribution in [0.15, 0.2) is 0 Å². The van der Waals surface area contributed by atoms with Gasteiger partial charge in [-0.15, -0.1) is 0 Å². The Hall–Kier alpha value is -0.500. The summed E-state index contributed by atoms with van der Waals surface area (Å²) in [5.41, 5.74) is 0. The molecule has 0 radical (unpaired) electrons. The van der Waals surface area contributed by atoms with E-state index < -0.39 is 20.0 Å². The number of amides is 1. The number of carbonyl (C=O) groups is 1. The summed E-state index contributed by atoms with van der Waals surface area (Å²) >= 11 is 0. The highest BCUT2D eigenvalue weighted by Crippen LogP contribution is 2.38. The van der Waals surface area contributed by atoms with E-state index in [1.54, 1.807) is 0 Å². The Morgan fingerprint density at radius 2 is 1.07 bits per heavy atom. The lowest BCUT2D eigenvalue weighted by Crippen LogP contribution is -2.46. The summed E-state index contributed by atoms with van der Waals surface area (Å²) in [6, 6.07) is -0.790. The van der Waals surface area contributed by atoms with Crippen molar-refractivity contribution < 1.29 is 32.9 Å². The van der Waals surface area contributed by atoms with Crippen molar-refractivity contribution in [2.45, 2.75) is 193 Å². The van der Waals surface area contributed by atoms with Crippen LogP contribution in [0.5, 0.6) is 0 Å². The lowest BCUT2D eigenvalue weighted by atomic mass is 10.0. The minimum atomic E-state index is -4.55. The summed E-state index contributed by atoms with van der Waals surface area (Å²) in [4.78, 5) is 25.1. The van der Waals surface area contributed by atoms with Gasteiger partial charge in [0.2, 0.25) is 5.91 Å². The number of phosphoric acid groups is 1. The average molecular weight is 677 g/mol. The molecule has 0 heterocycles. The third-order valence-electron chi connectivity index (χ3n) is 8.85. The molecule has 276 valence electrons. The molecule has 0 aliphatic rings. The maximum absolute atomic E-state index is 12.8. The molecule has 3 atom stereocenters. The number of unbranched alkanes of at least 4 members (excludes halogenated alkanes) is 22. The minimum Gasteiger partial charge on any atom is -0.756 e. The van der Waals surface area contributed by atoms with E-state index in [4.69, 9.17) is 9.05 Å². The standard InChI is InChI=1S/C37H77N2O6P/c1-6-8-10-12-14-16-18-19-21-23-25-27-29-31-37(41)38-35(34-45-46(42,43)44-33-32-39(3,4)5)36(40)30-28-26-24-22-20-17-15-13-11-9-7-2/h35-36,40H,6-34H2,1-5H3,(H-,38,41,42,43)/t35-,36+/m0/s1. The van der Waals surface area contributed by atoms with Crippen LogP contribution >= 0.6 is 7.82 Å². The lowest BCUT2D eigenvalue weighted by Gasteiger charge is -2.30. The Morgan fingerprint density at radius 3 is 1.48 bits per heavy atom. The number of aliphatic hydroxyl groups excluding tert-OH is 1. The number of hydrogen-bond acceptors (Lipinski definition) is 6. The summed E-state index contributed by atoms with van der Waals surface area (Å²) in [5, 5.41) is 13.8. The molecule has 0 aliphatic carbocycles. The topological polar surface area (TPSA) is 108 Å². The quantitative estimate of drug-likeness (QED) is 0.0394. The van der Waals surface area contributed by atoms with Crippen molar-refractivity contribution in [3.63, 3.8) is 0 Å². The zero-order valence-electron chi connectivity index (χ0n) is 31.0. The van der Waals surface area contributed by atoms with Crippen LogP contribution in [0.25, 0.3) is 0 Å². The molecule has 0 aromatic heterocycles. The average Bonchev–Trinajstić information content (AvgIpc) is 2.99. The van der Waals surface area contributed by atoms with Gasteiger partial charge in [0, 0.05) is 6.42 Å². The molecule has 1 amide bonds. The van der Waals surface area contributed by atoms with Crippen molar-refractivity contribution in [1.29, 1.82) is 0 Å². The van der Waals surface area contributed by atoms with Crippen molar-refractivity contribution in [1.82, 2.24) is 5.32 Å². The fraction of sp³-hybridized carbons (Fsp3) is 0.973. The van der Waals surface area contributed by atoms with Gasteiger partial charge in [-0.3, -0.25) is 9.36 Å². The van der Waals surface area contributed by atoms with Crippen LogP contribution in [0.1, 0.15) is 181 Å². The minimum absolute atomic E-state index is 0.0155. The van der Waals surface area contributed by atoms with E-state index in [9.17, 15) is 19.4 Å². The van der Waals surface area contributed by atoms with Crippen LogP contribution in [-0.4, -0.2) is 68.5 Å². The van der Waals surface area contributed by atoms with Crippen molar-refractivity contribution >= 4 is 13.7 Å². The fourth-order valence-corrected chi connectivity index (χ4v) is 6.41. The summed E-state index contributed by atoms with van der Waals surface area (Å²) in [6.45, 7) is 4.70. The Morgan fingerprint density at radius 1 is 0.674 bits per heavy atom. The second-order valence-corrected chi connectivity index (χ2v) is 16.1. The molecule has 0 aliphatic heterocycles. The normalized spacial score (nSPS) is 14.7. The van der Waals surface area contributed by atoms with Gasteiger partial charge in [-0.25, -0.2) is 0 Å². The van der Waals surface area contributed by atoms with Gasteiger partial charge in [-0.2, -0.15) is 0 Å². The van der Waals surface area contributed by atoms with Gasteiger partial charge in [0.25, 0.3) is 7.82 Å². The van der Waals surface area contributed by atoms with Gasteiger partial charge < -0.3 is 28.8 Å². The third-order valence-corrected chi connectivity index (χ3v) is 9.81. The molecule has 9 heteroatoms. The first kappa shape index (κ1) is 45.5. The maximum atomic E-state index is 12.8. The highest BCUT2D eigenvalue weighted by Gasteiger charge is 2.24. The molecule has 0 aromatic rings.